The smallest absolute Gasteiger partial charge is 0.313 e. The zero-order valence-corrected chi connectivity index (χ0v) is 11.9. The largest absolute Gasteiger partial charge is 0.416 e. The van der Waals surface area contributed by atoms with Crippen LogP contribution in [0.15, 0.2) is 18.2 Å². The molecule has 1 nitrogen and oxygen atoms in total. The first kappa shape index (κ1) is 17.0. The fraction of sp³-hybridized carbons (Fsp3) is 0.600. The maximum atomic E-state index is 13.3. The maximum absolute atomic E-state index is 13.3. The van der Waals surface area contributed by atoms with Gasteiger partial charge in [-0.25, -0.2) is 4.39 Å². The Morgan fingerprint density at radius 3 is 2.40 bits per heavy atom. The van der Waals surface area contributed by atoms with E-state index in [2.05, 4.69) is 12.2 Å². The number of alkyl halides is 3. The summed E-state index contributed by atoms with van der Waals surface area (Å²) in [6.45, 7) is 2.07. The summed E-state index contributed by atoms with van der Waals surface area (Å²) in [6, 6.07) is 2.19. The van der Waals surface area contributed by atoms with Gasteiger partial charge in [-0.3, -0.25) is 0 Å². The van der Waals surface area contributed by atoms with E-state index in [9.17, 15) is 17.6 Å². The zero-order valence-electron chi connectivity index (χ0n) is 11.9. The first-order valence-electron chi connectivity index (χ1n) is 6.94. The van der Waals surface area contributed by atoms with Crippen LogP contribution < -0.4 is 5.32 Å². The molecule has 0 aliphatic heterocycles. The first-order valence-corrected chi connectivity index (χ1v) is 6.94. The van der Waals surface area contributed by atoms with Gasteiger partial charge in [-0.15, -0.1) is 0 Å². The van der Waals surface area contributed by atoms with Crippen LogP contribution in [0.2, 0.25) is 0 Å². The third-order valence-electron chi connectivity index (χ3n) is 3.39. The van der Waals surface area contributed by atoms with Crippen LogP contribution in [0.5, 0.6) is 0 Å². The number of halogens is 4. The Labute approximate surface area is 117 Å². The Bertz CT molecular complexity index is 415. The molecule has 1 atom stereocenters. The van der Waals surface area contributed by atoms with Crippen LogP contribution in [0.1, 0.15) is 56.2 Å². The summed E-state index contributed by atoms with van der Waals surface area (Å²) in [7, 11) is 1.61. The average molecular weight is 291 g/mol. The highest BCUT2D eigenvalue weighted by Crippen LogP contribution is 2.36. The lowest BCUT2D eigenvalue weighted by Gasteiger charge is -2.21. The maximum Gasteiger partial charge on any atom is 0.416 e. The third kappa shape index (κ3) is 4.78. The van der Waals surface area contributed by atoms with Crippen molar-refractivity contribution in [1.82, 2.24) is 5.32 Å². The molecule has 114 valence electrons. The van der Waals surface area contributed by atoms with Crippen LogP contribution in [-0.4, -0.2) is 7.05 Å². The monoisotopic (exact) mass is 291 g/mol. The molecular weight excluding hydrogens is 270 g/mol. The van der Waals surface area contributed by atoms with Crippen molar-refractivity contribution in [3.63, 3.8) is 0 Å². The van der Waals surface area contributed by atoms with E-state index in [-0.39, 0.29) is 5.56 Å². The van der Waals surface area contributed by atoms with Gasteiger partial charge in [0.15, 0.2) is 0 Å². The second-order valence-electron chi connectivity index (χ2n) is 4.92. The molecule has 0 spiro atoms. The van der Waals surface area contributed by atoms with Gasteiger partial charge in [-0.05, 0) is 37.2 Å². The molecule has 5 heteroatoms. The third-order valence-corrected chi connectivity index (χ3v) is 3.39. The predicted molar refractivity (Wildman–Crippen MR) is 72.0 cm³/mol. The SMILES string of the molecule is CCCCCCC(NC)c1cc(F)ccc1C(F)(F)F. The lowest BCUT2D eigenvalue weighted by Crippen LogP contribution is -2.21. The minimum atomic E-state index is -4.46. The van der Waals surface area contributed by atoms with Crippen LogP contribution in [0, 0.1) is 5.82 Å². The van der Waals surface area contributed by atoms with Gasteiger partial charge in [0, 0.05) is 6.04 Å². The molecule has 0 aliphatic carbocycles. The molecule has 0 radical (unpaired) electrons. The van der Waals surface area contributed by atoms with Crippen molar-refractivity contribution in [2.45, 2.75) is 51.2 Å². The summed E-state index contributed by atoms with van der Waals surface area (Å²) < 4.78 is 52.2. The standard InChI is InChI=1S/C15H21F4N/c1-3-4-5-6-7-14(20-2)12-10-11(16)8-9-13(12)15(17,18)19/h8-10,14,20H,3-7H2,1-2H3. The number of nitrogens with one attached hydrogen (secondary N) is 1. The molecule has 0 fully saturated rings. The van der Waals surface area contributed by atoms with Crippen molar-refractivity contribution in [2.24, 2.45) is 0 Å². The van der Waals surface area contributed by atoms with E-state index in [1.165, 1.54) is 0 Å². The number of unbranched alkanes of at least 4 members (excludes halogenated alkanes) is 3. The quantitative estimate of drug-likeness (QED) is 0.546. The molecule has 0 saturated carbocycles. The molecule has 0 amide bonds. The lowest BCUT2D eigenvalue weighted by atomic mass is 9.95. The summed E-state index contributed by atoms with van der Waals surface area (Å²) >= 11 is 0. The highest BCUT2D eigenvalue weighted by atomic mass is 19.4. The molecule has 0 heterocycles. The van der Waals surface area contributed by atoms with E-state index in [0.717, 1.165) is 43.9 Å². The summed E-state index contributed by atoms with van der Waals surface area (Å²) in [5.41, 5.74) is -0.759. The molecule has 0 bridgehead atoms. The van der Waals surface area contributed by atoms with Crippen LogP contribution in [0.4, 0.5) is 17.6 Å². The summed E-state index contributed by atoms with van der Waals surface area (Å²) in [4.78, 5) is 0. The Kier molecular flexibility index (Phi) is 6.46. The predicted octanol–water partition coefficient (Wildman–Crippen LogP) is 5.08. The van der Waals surface area contributed by atoms with Gasteiger partial charge in [0.25, 0.3) is 0 Å². The second kappa shape index (κ2) is 7.62. The van der Waals surface area contributed by atoms with Crippen LogP contribution in [-0.2, 0) is 6.18 Å². The van der Waals surface area contributed by atoms with E-state index in [1.54, 1.807) is 7.05 Å². The summed E-state index contributed by atoms with van der Waals surface area (Å²) in [5.74, 6) is -0.637. The Morgan fingerprint density at radius 1 is 1.15 bits per heavy atom. The molecule has 1 aromatic rings. The van der Waals surface area contributed by atoms with Gasteiger partial charge < -0.3 is 5.32 Å². The Balaban J connectivity index is 2.92. The first-order chi connectivity index (χ1) is 9.40. The van der Waals surface area contributed by atoms with Crippen molar-refractivity contribution < 1.29 is 17.6 Å². The van der Waals surface area contributed by atoms with Gasteiger partial charge >= 0.3 is 6.18 Å². The number of rotatable bonds is 7. The zero-order chi connectivity index (χ0) is 15.2. The van der Waals surface area contributed by atoms with Gasteiger partial charge in [0.2, 0.25) is 0 Å². The Hall–Kier alpha value is -1.10. The highest BCUT2D eigenvalue weighted by Gasteiger charge is 2.35. The fourth-order valence-corrected chi connectivity index (χ4v) is 2.31. The van der Waals surface area contributed by atoms with E-state index in [4.69, 9.17) is 0 Å². The van der Waals surface area contributed by atoms with E-state index in [0.29, 0.717) is 6.42 Å². The molecule has 20 heavy (non-hydrogen) atoms. The minimum absolute atomic E-state index is 0.00324. The normalized spacial score (nSPS) is 13.5. The number of hydrogen-bond acceptors (Lipinski definition) is 1. The topological polar surface area (TPSA) is 12.0 Å². The molecule has 1 aromatic carbocycles. The highest BCUT2D eigenvalue weighted by molar-refractivity contribution is 5.33. The van der Waals surface area contributed by atoms with Crippen molar-refractivity contribution >= 4 is 0 Å². The molecule has 1 N–H and O–H groups in total. The number of benzene rings is 1. The van der Waals surface area contributed by atoms with Crippen molar-refractivity contribution in [2.75, 3.05) is 7.05 Å². The average Bonchev–Trinajstić information content (AvgIpc) is 2.37. The van der Waals surface area contributed by atoms with Crippen molar-refractivity contribution in [3.8, 4) is 0 Å². The van der Waals surface area contributed by atoms with E-state index >= 15 is 0 Å². The van der Waals surface area contributed by atoms with Gasteiger partial charge in [0.05, 0.1) is 5.56 Å². The summed E-state index contributed by atoms with van der Waals surface area (Å²) in [6.07, 6.45) is 0.0484. The molecule has 0 saturated heterocycles. The number of hydrogen-bond donors (Lipinski definition) is 1. The lowest BCUT2D eigenvalue weighted by molar-refractivity contribution is -0.138. The van der Waals surface area contributed by atoms with Crippen molar-refractivity contribution in [3.05, 3.63) is 35.1 Å². The second-order valence-corrected chi connectivity index (χ2v) is 4.92. The molecule has 0 aromatic heterocycles. The van der Waals surface area contributed by atoms with Crippen LogP contribution in [0.25, 0.3) is 0 Å². The van der Waals surface area contributed by atoms with E-state index < -0.39 is 23.6 Å². The fourth-order valence-electron chi connectivity index (χ4n) is 2.31. The van der Waals surface area contributed by atoms with Crippen LogP contribution >= 0.6 is 0 Å². The Morgan fingerprint density at radius 2 is 1.85 bits per heavy atom. The van der Waals surface area contributed by atoms with E-state index in [1.807, 2.05) is 0 Å². The van der Waals surface area contributed by atoms with Gasteiger partial charge in [0.1, 0.15) is 5.82 Å². The van der Waals surface area contributed by atoms with Gasteiger partial charge in [-0.2, -0.15) is 13.2 Å². The van der Waals surface area contributed by atoms with Gasteiger partial charge in [-0.1, -0.05) is 32.6 Å². The molecular formula is C15H21F4N. The minimum Gasteiger partial charge on any atom is -0.313 e. The molecule has 1 rings (SSSR count). The van der Waals surface area contributed by atoms with Crippen LogP contribution in [0.3, 0.4) is 0 Å². The molecule has 1 unspecified atom stereocenters. The molecule has 0 aliphatic rings. The summed E-state index contributed by atoms with van der Waals surface area (Å²) in [5, 5.41) is 2.87. The van der Waals surface area contributed by atoms with Crippen molar-refractivity contribution in [1.29, 1.82) is 0 Å².